The number of likely N-dealkylation sites (tertiary alicyclic amines) is 1. The van der Waals surface area contributed by atoms with Gasteiger partial charge in [-0.05, 0) is 37.6 Å². The van der Waals surface area contributed by atoms with E-state index in [-0.39, 0.29) is 11.9 Å². The Labute approximate surface area is 132 Å². The zero-order valence-electron chi connectivity index (χ0n) is 13.8. The summed E-state index contributed by atoms with van der Waals surface area (Å²) < 4.78 is 5.27. The van der Waals surface area contributed by atoms with Crippen molar-refractivity contribution in [2.75, 3.05) is 19.6 Å². The number of amides is 1. The lowest BCUT2D eigenvalue weighted by molar-refractivity contribution is 0.0922. The molecule has 1 amide bonds. The number of carbonyl (C=O) groups is 1. The van der Waals surface area contributed by atoms with Gasteiger partial charge < -0.3 is 14.7 Å². The molecule has 0 aromatic carbocycles. The van der Waals surface area contributed by atoms with Crippen LogP contribution in [0.4, 0.5) is 0 Å². The molecule has 0 radical (unpaired) electrons. The zero-order chi connectivity index (χ0) is 15.7. The van der Waals surface area contributed by atoms with E-state index >= 15 is 0 Å². The van der Waals surface area contributed by atoms with E-state index in [0.29, 0.717) is 17.5 Å². The third-order valence-electron chi connectivity index (χ3n) is 4.77. The Morgan fingerprint density at radius 3 is 2.91 bits per heavy atom. The van der Waals surface area contributed by atoms with Gasteiger partial charge in [-0.3, -0.25) is 4.79 Å². The Balaban J connectivity index is 1.52. The predicted molar refractivity (Wildman–Crippen MR) is 84.8 cm³/mol. The Hall–Kier alpha value is -1.36. The maximum Gasteiger partial charge on any atom is 0.273 e. The summed E-state index contributed by atoms with van der Waals surface area (Å²) >= 11 is 0. The average Bonchev–Trinajstić information content (AvgIpc) is 3.09. The number of carbonyl (C=O) groups excluding carboxylic acids is 1. The van der Waals surface area contributed by atoms with Crippen molar-refractivity contribution < 1.29 is 9.32 Å². The van der Waals surface area contributed by atoms with Crippen molar-refractivity contribution in [1.82, 2.24) is 15.4 Å². The average molecular weight is 305 g/mol. The molecule has 1 aromatic heterocycles. The molecule has 3 rings (SSSR count). The van der Waals surface area contributed by atoms with Crippen LogP contribution in [-0.2, 0) is 0 Å². The Morgan fingerprint density at radius 2 is 2.23 bits per heavy atom. The number of nitrogens with zero attached hydrogens (tertiary/aromatic N) is 2. The fraction of sp³-hybridized carbons (Fsp3) is 0.765. The minimum absolute atomic E-state index is 0.0989. The smallest absolute Gasteiger partial charge is 0.273 e. The summed E-state index contributed by atoms with van der Waals surface area (Å²) in [5.74, 6) is 2.46. The molecule has 0 bridgehead atoms. The van der Waals surface area contributed by atoms with Gasteiger partial charge in [-0.15, -0.1) is 0 Å². The fourth-order valence-electron chi connectivity index (χ4n) is 3.08. The summed E-state index contributed by atoms with van der Waals surface area (Å²) in [6.45, 7) is 9.82. The molecule has 1 aliphatic heterocycles. The number of rotatable bonds is 6. The monoisotopic (exact) mass is 305 g/mol. The van der Waals surface area contributed by atoms with Crippen LogP contribution in [0.15, 0.2) is 10.6 Å². The molecule has 2 fully saturated rings. The second-order valence-corrected chi connectivity index (χ2v) is 7.39. The maximum atomic E-state index is 12.3. The third kappa shape index (κ3) is 3.69. The SMILES string of the molecule is CC(C)CCN1C[C@@H](C)[C@@H](NC(=O)c2cc(C3CC3)on2)C1. The number of hydrogen-bond acceptors (Lipinski definition) is 4. The largest absolute Gasteiger partial charge is 0.360 e. The van der Waals surface area contributed by atoms with E-state index in [1.165, 1.54) is 6.42 Å². The van der Waals surface area contributed by atoms with Crippen molar-refractivity contribution in [3.05, 3.63) is 17.5 Å². The van der Waals surface area contributed by atoms with Gasteiger partial charge in [-0.2, -0.15) is 0 Å². The highest BCUT2D eigenvalue weighted by Gasteiger charge is 2.32. The molecule has 2 heterocycles. The first-order valence-corrected chi connectivity index (χ1v) is 8.52. The van der Waals surface area contributed by atoms with E-state index in [1.807, 2.05) is 6.07 Å². The molecule has 1 aliphatic carbocycles. The van der Waals surface area contributed by atoms with Gasteiger partial charge in [0.15, 0.2) is 5.69 Å². The lowest BCUT2D eigenvalue weighted by atomic mass is 10.1. The van der Waals surface area contributed by atoms with Crippen LogP contribution in [0.3, 0.4) is 0 Å². The highest BCUT2D eigenvalue weighted by molar-refractivity contribution is 5.92. The van der Waals surface area contributed by atoms with Crippen LogP contribution in [0.2, 0.25) is 0 Å². The van der Waals surface area contributed by atoms with Crippen LogP contribution < -0.4 is 5.32 Å². The fourth-order valence-corrected chi connectivity index (χ4v) is 3.08. The standard InChI is InChI=1S/C17H27N3O2/c1-11(2)6-7-20-9-12(3)15(10-20)18-17(21)14-8-16(22-19-14)13-4-5-13/h8,11-13,15H,4-7,9-10H2,1-3H3,(H,18,21)/t12-,15+/m1/s1. The van der Waals surface area contributed by atoms with Gasteiger partial charge >= 0.3 is 0 Å². The van der Waals surface area contributed by atoms with Crippen molar-refractivity contribution in [2.45, 2.75) is 52.0 Å². The predicted octanol–water partition coefficient (Wildman–Crippen LogP) is 2.65. The van der Waals surface area contributed by atoms with Crippen LogP contribution in [0.5, 0.6) is 0 Å². The van der Waals surface area contributed by atoms with E-state index in [9.17, 15) is 4.79 Å². The minimum atomic E-state index is -0.0989. The summed E-state index contributed by atoms with van der Waals surface area (Å²) in [7, 11) is 0. The van der Waals surface area contributed by atoms with Crippen LogP contribution in [0.25, 0.3) is 0 Å². The van der Waals surface area contributed by atoms with Gasteiger partial charge in [0.05, 0.1) is 0 Å². The van der Waals surface area contributed by atoms with Crippen LogP contribution in [-0.4, -0.2) is 41.6 Å². The molecule has 1 aromatic rings. The van der Waals surface area contributed by atoms with E-state index in [0.717, 1.165) is 44.2 Å². The van der Waals surface area contributed by atoms with Gasteiger partial charge in [-0.1, -0.05) is 25.9 Å². The number of hydrogen-bond donors (Lipinski definition) is 1. The Bertz CT molecular complexity index is 522. The number of nitrogens with one attached hydrogen (secondary N) is 1. The van der Waals surface area contributed by atoms with E-state index in [2.05, 4.69) is 36.1 Å². The van der Waals surface area contributed by atoms with E-state index < -0.39 is 0 Å². The topological polar surface area (TPSA) is 58.4 Å². The summed E-state index contributed by atoms with van der Waals surface area (Å²) in [5.41, 5.74) is 0.426. The van der Waals surface area contributed by atoms with Gasteiger partial charge in [-0.25, -0.2) is 0 Å². The molecule has 1 saturated carbocycles. The molecule has 5 heteroatoms. The molecule has 2 aliphatic rings. The summed E-state index contributed by atoms with van der Waals surface area (Å²) in [6.07, 6.45) is 3.52. The van der Waals surface area contributed by atoms with Gasteiger partial charge in [0, 0.05) is 31.1 Å². The molecule has 2 atom stereocenters. The summed E-state index contributed by atoms with van der Waals surface area (Å²) in [4.78, 5) is 14.8. The molecule has 1 N–H and O–H groups in total. The first kappa shape index (κ1) is 15.5. The summed E-state index contributed by atoms with van der Waals surface area (Å²) in [6, 6.07) is 2.02. The maximum absolute atomic E-state index is 12.3. The minimum Gasteiger partial charge on any atom is -0.360 e. The first-order chi connectivity index (χ1) is 10.5. The van der Waals surface area contributed by atoms with E-state index in [1.54, 1.807) is 0 Å². The van der Waals surface area contributed by atoms with Crippen molar-refractivity contribution in [2.24, 2.45) is 11.8 Å². The quantitative estimate of drug-likeness (QED) is 0.878. The highest BCUT2D eigenvalue weighted by atomic mass is 16.5. The molecular formula is C17H27N3O2. The van der Waals surface area contributed by atoms with Gasteiger partial charge in [0.25, 0.3) is 5.91 Å². The van der Waals surface area contributed by atoms with Gasteiger partial charge in [0.1, 0.15) is 5.76 Å². The lowest BCUT2D eigenvalue weighted by Gasteiger charge is -2.17. The molecule has 1 saturated heterocycles. The molecule has 122 valence electrons. The highest BCUT2D eigenvalue weighted by Crippen LogP contribution is 2.40. The van der Waals surface area contributed by atoms with Crippen molar-refractivity contribution in [1.29, 1.82) is 0 Å². The third-order valence-corrected chi connectivity index (χ3v) is 4.77. The molecule has 0 spiro atoms. The first-order valence-electron chi connectivity index (χ1n) is 8.52. The molecule has 22 heavy (non-hydrogen) atoms. The van der Waals surface area contributed by atoms with Crippen molar-refractivity contribution in [3.8, 4) is 0 Å². The normalized spacial score (nSPS) is 25.8. The zero-order valence-corrected chi connectivity index (χ0v) is 13.8. The number of aromatic nitrogens is 1. The molecular weight excluding hydrogens is 278 g/mol. The second kappa shape index (κ2) is 6.41. The Kier molecular flexibility index (Phi) is 4.52. The van der Waals surface area contributed by atoms with E-state index in [4.69, 9.17) is 4.52 Å². The Morgan fingerprint density at radius 1 is 1.45 bits per heavy atom. The van der Waals surface area contributed by atoms with Crippen LogP contribution >= 0.6 is 0 Å². The van der Waals surface area contributed by atoms with Crippen molar-refractivity contribution in [3.63, 3.8) is 0 Å². The molecule has 0 unspecified atom stereocenters. The lowest BCUT2D eigenvalue weighted by Crippen LogP contribution is -2.40. The van der Waals surface area contributed by atoms with Crippen LogP contribution in [0.1, 0.15) is 62.2 Å². The summed E-state index contributed by atoms with van der Waals surface area (Å²) in [5, 5.41) is 7.05. The second-order valence-electron chi connectivity index (χ2n) is 7.39. The van der Waals surface area contributed by atoms with Gasteiger partial charge in [0.2, 0.25) is 0 Å². The molecule has 5 nitrogen and oxygen atoms in total. The van der Waals surface area contributed by atoms with Crippen LogP contribution in [0, 0.1) is 11.8 Å². The van der Waals surface area contributed by atoms with Crippen molar-refractivity contribution >= 4 is 5.91 Å².